The van der Waals surface area contributed by atoms with Crippen molar-refractivity contribution in [1.82, 2.24) is 25.4 Å². The van der Waals surface area contributed by atoms with Crippen molar-refractivity contribution in [2.24, 2.45) is 0 Å². The van der Waals surface area contributed by atoms with Gasteiger partial charge in [-0.25, -0.2) is 4.98 Å². The molecule has 1 saturated carbocycles. The zero-order valence-electron chi connectivity index (χ0n) is 23.0. The van der Waals surface area contributed by atoms with Crippen LogP contribution in [0.1, 0.15) is 62.7 Å². The highest BCUT2D eigenvalue weighted by molar-refractivity contribution is 7.13. The number of carbonyl (C=O) groups is 3. The molecule has 14 heteroatoms. The molecular weight excluding hydrogens is 575 g/mol. The smallest absolute Gasteiger partial charge is 0.383 e. The van der Waals surface area contributed by atoms with Crippen molar-refractivity contribution in [2.75, 3.05) is 45.9 Å². The molecule has 0 radical (unpaired) electrons. The number of likely N-dealkylation sites (tertiary alicyclic amines) is 1. The lowest BCUT2D eigenvalue weighted by atomic mass is 9.82. The fourth-order valence-electron chi connectivity index (χ4n) is 5.65. The SMILES string of the molecule is O=C(NCC(=O)N1CC[C@H](NC2CCC(O)(c3ncc(C(=O)N4CCOCC4)s3)CC2)C1)c1cccc(C(F)(F)F)c1. The Morgan fingerprint density at radius 2 is 1.81 bits per heavy atom. The number of benzene rings is 1. The molecule has 3 heterocycles. The number of hydrogen-bond donors (Lipinski definition) is 3. The summed E-state index contributed by atoms with van der Waals surface area (Å²) in [5, 5.41) is 17.9. The number of carbonyl (C=O) groups excluding carboxylic acids is 3. The molecule has 0 spiro atoms. The first-order chi connectivity index (χ1) is 20.0. The van der Waals surface area contributed by atoms with Crippen molar-refractivity contribution in [3.05, 3.63) is 51.5 Å². The van der Waals surface area contributed by atoms with E-state index >= 15 is 0 Å². The molecule has 2 aliphatic heterocycles. The third kappa shape index (κ3) is 7.10. The Bertz CT molecular complexity index is 1290. The predicted molar refractivity (Wildman–Crippen MR) is 147 cm³/mol. The Kier molecular flexibility index (Phi) is 9.16. The van der Waals surface area contributed by atoms with Crippen molar-refractivity contribution >= 4 is 29.1 Å². The van der Waals surface area contributed by atoms with Crippen LogP contribution in [0.4, 0.5) is 13.2 Å². The minimum absolute atomic E-state index is 0.0573. The standard InChI is InChI=1S/C28H34F3N5O5S/c29-28(30,31)19-3-1-2-18(14-19)24(38)32-16-23(37)36-9-6-21(17-36)34-20-4-7-27(40,8-5-20)26-33-15-22(42-26)25(39)35-10-12-41-13-11-35/h1-3,14-15,20-21,34,40H,4-13,16-17H2,(H,32,38)/t20?,21-,27?/m0/s1. The van der Waals surface area contributed by atoms with E-state index in [0.717, 1.165) is 24.6 Å². The summed E-state index contributed by atoms with van der Waals surface area (Å²) < 4.78 is 44.1. The quantitative estimate of drug-likeness (QED) is 0.441. The van der Waals surface area contributed by atoms with E-state index in [-0.39, 0.29) is 36.0 Å². The molecule has 42 heavy (non-hydrogen) atoms. The van der Waals surface area contributed by atoms with Gasteiger partial charge in [0.2, 0.25) is 5.91 Å². The number of rotatable bonds is 7. The average molecular weight is 610 g/mol. The number of nitrogens with one attached hydrogen (secondary N) is 2. The van der Waals surface area contributed by atoms with Crippen molar-refractivity contribution in [1.29, 1.82) is 0 Å². The van der Waals surface area contributed by atoms with Crippen molar-refractivity contribution in [3.63, 3.8) is 0 Å². The molecule has 1 aliphatic carbocycles. The molecule has 228 valence electrons. The summed E-state index contributed by atoms with van der Waals surface area (Å²) in [7, 11) is 0. The van der Waals surface area contributed by atoms with Gasteiger partial charge in [-0.3, -0.25) is 14.4 Å². The van der Waals surface area contributed by atoms with Gasteiger partial charge in [-0.2, -0.15) is 13.2 Å². The first kappa shape index (κ1) is 30.4. The Hall–Kier alpha value is -3.07. The zero-order valence-corrected chi connectivity index (χ0v) is 23.8. The van der Waals surface area contributed by atoms with E-state index in [1.807, 2.05) is 0 Å². The minimum atomic E-state index is -4.56. The van der Waals surface area contributed by atoms with Crippen LogP contribution in [-0.2, 0) is 21.3 Å². The van der Waals surface area contributed by atoms with Crippen LogP contribution in [0.2, 0.25) is 0 Å². The van der Waals surface area contributed by atoms with Gasteiger partial charge in [-0.15, -0.1) is 11.3 Å². The van der Waals surface area contributed by atoms with Gasteiger partial charge in [0.1, 0.15) is 15.5 Å². The van der Waals surface area contributed by atoms with Gasteiger partial charge in [0, 0.05) is 43.8 Å². The Balaban J connectivity index is 1.05. The molecule has 0 unspecified atom stereocenters. The summed E-state index contributed by atoms with van der Waals surface area (Å²) in [6.07, 6.45) is 0.135. The van der Waals surface area contributed by atoms with Gasteiger partial charge < -0.3 is 30.3 Å². The largest absolute Gasteiger partial charge is 0.416 e. The summed E-state index contributed by atoms with van der Waals surface area (Å²) in [5.74, 6) is -1.13. The molecule has 2 saturated heterocycles. The summed E-state index contributed by atoms with van der Waals surface area (Å²) >= 11 is 1.25. The molecule has 1 atom stereocenters. The van der Waals surface area contributed by atoms with E-state index in [2.05, 4.69) is 15.6 Å². The van der Waals surface area contributed by atoms with E-state index in [1.165, 1.54) is 17.4 Å². The summed E-state index contributed by atoms with van der Waals surface area (Å²) in [5.41, 5.74) is -2.16. The second-order valence-electron chi connectivity index (χ2n) is 11.0. The molecule has 3 fully saturated rings. The maximum atomic E-state index is 12.9. The molecule has 2 aromatic rings. The highest BCUT2D eigenvalue weighted by atomic mass is 32.1. The van der Waals surface area contributed by atoms with Crippen LogP contribution < -0.4 is 10.6 Å². The summed E-state index contributed by atoms with van der Waals surface area (Å²) in [6.45, 7) is 2.78. The lowest BCUT2D eigenvalue weighted by Gasteiger charge is -2.36. The van der Waals surface area contributed by atoms with Gasteiger partial charge >= 0.3 is 6.18 Å². The first-order valence-electron chi connectivity index (χ1n) is 14.1. The molecular formula is C28H34F3N5O5S. The van der Waals surface area contributed by atoms with Gasteiger partial charge in [0.15, 0.2) is 0 Å². The second kappa shape index (κ2) is 12.7. The molecule has 3 N–H and O–H groups in total. The van der Waals surface area contributed by atoms with Crippen molar-refractivity contribution < 1.29 is 37.4 Å². The highest BCUT2D eigenvalue weighted by Crippen LogP contribution is 2.39. The van der Waals surface area contributed by atoms with E-state index in [9.17, 15) is 32.7 Å². The number of ether oxygens (including phenoxy) is 1. The molecule has 10 nitrogen and oxygen atoms in total. The summed E-state index contributed by atoms with van der Waals surface area (Å²) in [4.78, 5) is 46.0. The fourth-order valence-corrected chi connectivity index (χ4v) is 6.68. The zero-order chi connectivity index (χ0) is 29.9. The maximum Gasteiger partial charge on any atom is 0.416 e. The second-order valence-corrected chi connectivity index (χ2v) is 12.0. The number of aromatic nitrogens is 1. The number of nitrogens with zero attached hydrogens (tertiary/aromatic N) is 3. The number of halogens is 3. The molecule has 1 aromatic heterocycles. The molecule has 5 rings (SSSR count). The maximum absolute atomic E-state index is 12.9. The third-order valence-corrected chi connectivity index (χ3v) is 9.27. The van der Waals surface area contributed by atoms with Crippen LogP contribution in [0, 0.1) is 0 Å². The van der Waals surface area contributed by atoms with Gasteiger partial charge in [-0.05, 0) is 50.3 Å². The Morgan fingerprint density at radius 3 is 2.52 bits per heavy atom. The number of alkyl halides is 3. The molecule has 0 bridgehead atoms. The van der Waals surface area contributed by atoms with Crippen LogP contribution >= 0.6 is 11.3 Å². The normalized spacial score (nSPS) is 25.0. The number of morpholine rings is 1. The average Bonchev–Trinajstić information content (AvgIpc) is 3.68. The molecule has 3 aliphatic rings. The van der Waals surface area contributed by atoms with E-state index < -0.39 is 23.2 Å². The summed E-state index contributed by atoms with van der Waals surface area (Å²) in [6, 6.07) is 4.29. The molecule has 3 amide bonds. The van der Waals surface area contributed by atoms with Crippen LogP contribution in [0.15, 0.2) is 30.5 Å². The van der Waals surface area contributed by atoms with Gasteiger partial charge in [0.25, 0.3) is 11.8 Å². The Morgan fingerprint density at radius 1 is 1.07 bits per heavy atom. The lowest BCUT2D eigenvalue weighted by molar-refractivity contribution is -0.137. The fraction of sp³-hybridized carbons (Fsp3) is 0.571. The van der Waals surface area contributed by atoms with E-state index in [4.69, 9.17) is 4.74 Å². The Labute approximate surface area is 245 Å². The van der Waals surface area contributed by atoms with Crippen LogP contribution in [0.3, 0.4) is 0 Å². The predicted octanol–water partition coefficient (Wildman–Crippen LogP) is 2.39. The minimum Gasteiger partial charge on any atom is -0.383 e. The number of thiazole rings is 1. The van der Waals surface area contributed by atoms with Crippen molar-refractivity contribution in [3.8, 4) is 0 Å². The topological polar surface area (TPSA) is 124 Å². The van der Waals surface area contributed by atoms with E-state index in [0.29, 0.717) is 75.0 Å². The monoisotopic (exact) mass is 609 g/mol. The van der Waals surface area contributed by atoms with Crippen LogP contribution in [-0.4, -0.2) is 95.6 Å². The number of aliphatic hydroxyl groups is 1. The highest BCUT2D eigenvalue weighted by Gasteiger charge is 2.39. The van der Waals surface area contributed by atoms with Gasteiger partial charge in [-0.1, -0.05) is 6.07 Å². The van der Waals surface area contributed by atoms with Gasteiger partial charge in [0.05, 0.1) is 31.5 Å². The van der Waals surface area contributed by atoms with Crippen LogP contribution in [0.5, 0.6) is 0 Å². The van der Waals surface area contributed by atoms with Crippen molar-refractivity contribution in [2.45, 2.75) is 56.0 Å². The lowest BCUT2D eigenvalue weighted by Crippen LogP contribution is -2.46. The molecule has 1 aromatic carbocycles. The van der Waals surface area contributed by atoms with E-state index in [1.54, 1.807) is 16.0 Å². The first-order valence-corrected chi connectivity index (χ1v) is 14.9. The number of amides is 3. The number of hydrogen-bond acceptors (Lipinski definition) is 8. The van der Waals surface area contributed by atoms with Crippen LogP contribution in [0.25, 0.3) is 0 Å². The third-order valence-electron chi connectivity index (χ3n) is 8.09.